The topological polar surface area (TPSA) is 84.9 Å². The average molecular weight is 281 g/mol. The van der Waals surface area contributed by atoms with Crippen molar-refractivity contribution in [2.75, 3.05) is 0 Å². The van der Waals surface area contributed by atoms with Crippen molar-refractivity contribution in [2.24, 2.45) is 0 Å². The van der Waals surface area contributed by atoms with Gasteiger partial charge in [0.05, 0.1) is 0 Å². The van der Waals surface area contributed by atoms with Crippen molar-refractivity contribution in [2.45, 2.75) is 0 Å². The van der Waals surface area contributed by atoms with E-state index in [0.717, 1.165) is 11.3 Å². The van der Waals surface area contributed by atoms with Gasteiger partial charge in [-0.05, 0) is 23.3 Å². The van der Waals surface area contributed by atoms with Crippen LogP contribution in [0.4, 0.5) is 0 Å². The lowest BCUT2D eigenvalue weighted by atomic mass is 10.1. The number of ether oxygens (including phenoxy) is 1. The monoisotopic (exact) mass is 281 g/mol. The molecule has 1 heterocycles. The summed E-state index contributed by atoms with van der Waals surface area (Å²) >= 11 is 0. The maximum absolute atomic E-state index is 8.12. The van der Waals surface area contributed by atoms with Crippen LogP contribution in [0.1, 0.15) is 0 Å². The first kappa shape index (κ1) is 14.2. The van der Waals surface area contributed by atoms with Crippen molar-refractivity contribution < 1.29 is 14.3 Å². The average Bonchev–Trinajstić information content (AvgIpc) is 3.03. The molecule has 0 spiro atoms. The van der Waals surface area contributed by atoms with E-state index >= 15 is 0 Å². The number of rotatable bonds is 3. The second kappa shape index (κ2) is 7.37. The van der Waals surface area contributed by atoms with Crippen molar-refractivity contribution in [1.82, 2.24) is 15.4 Å². The molecule has 104 valence electrons. The van der Waals surface area contributed by atoms with E-state index in [1.165, 1.54) is 11.8 Å². The Morgan fingerprint density at radius 2 is 1.52 bits per heavy atom. The summed E-state index contributed by atoms with van der Waals surface area (Å²) in [7, 11) is 0. The third-order valence-electron chi connectivity index (χ3n) is 2.58. The van der Waals surface area contributed by atoms with E-state index in [9.17, 15) is 0 Å². The van der Waals surface area contributed by atoms with Gasteiger partial charge in [-0.25, -0.2) is 0 Å². The normalized spacial score (nSPS) is 9.14. The first-order chi connectivity index (χ1) is 10.3. The van der Waals surface area contributed by atoms with Crippen LogP contribution in [-0.2, 0) is 9.59 Å². The summed E-state index contributed by atoms with van der Waals surface area (Å²) in [5.74, 6) is 1.20. The van der Waals surface area contributed by atoms with Crippen molar-refractivity contribution in [1.29, 1.82) is 0 Å². The molecule has 2 aromatic carbocycles. The third kappa shape index (κ3) is 4.12. The molecule has 3 rings (SSSR count). The molecular formula is C15H11N3O3. The molecule has 0 aliphatic carbocycles. The summed E-state index contributed by atoms with van der Waals surface area (Å²) in [5.41, 5.74) is 2.34. The van der Waals surface area contributed by atoms with Gasteiger partial charge in [-0.2, -0.15) is 19.9 Å². The first-order valence-corrected chi connectivity index (χ1v) is 6.02. The van der Waals surface area contributed by atoms with Gasteiger partial charge in [0.2, 0.25) is 0 Å². The lowest BCUT2D eigenvalue weighted by Crippen LogP contribution is -1.84. The van der Waals surface area contributed by atoms with Crippen LogP contribution in [0.2, 0.25) is 0 Å². The molecule has 0 fully saturated rings. The Labute approximate surface area is 120 Å². The highest BCUT2D eigenvalue weighted by Gasteiger charge is 2.00. The van der Waals surface area contributed by atoms with Crippen LogP contribution in [0, 0.1) is 0 Å². The minimum Gasteiger partial charge on any atom is -0.436 e. The van der Waals surface area contributed by atoms with E-state index in [4.69, 9.17) is 14.3 Å². The summed E-state index contributed by atoms with van der Waals surface area (Å²) in [6, 6.07) is 18.1. The summed E-state index contributed by atoms with van der Waals surface area (Å²) < 4.78 is 5.50. The zero-order valence-corrected chi connectivity index (χ0v) is 10.9. The number of benzene rings is 2. The molecule has 0 bridgehead atoms. The Kier molecular flexibility index (Phi) is 4.98. The number of hydrogen-bond acceptors (Lipinski definition) is 5. The molecule has 0 saturated heterocycles. The zero-order valence-electron chi connectivity index (χ0n) is 10.9. The standard InChI is InChI=1S/C14H11N3O.CO2/c1-2-4-11(5-3-1)12-6-8-13(9-7-12)18-14-10-15-17-16-14;2-1-3/h1-10H,(H,15,16,17);. The molecule has 0 aliphatic rings. The van der Waals surface area contributed by atoms with E-state index in [1.807, 2.05) is 42.5 Å². The Bertz CT molecular complexity index is 689. The molecule has 21 heavy (non-hydrogen) atoms. The second-order valence-corrected chi connectivity index (χ2v) is 3.88. The fourth-order valence-corrected chi connectivity index (χ4v) is 1.71. The smallest absolute Gasteiger partial charge is 0.373 e. The van der Waals surface area contributed by atoms with Crippen LogP contribution in [0.25, 0.3) is 11.1 Å². The number of aromatic nitrogens is 3. The lowest BCUT2D eigenvalue weighted by Gasteiger charge is -2.04. The van der Waals surface area contributed by atoms with E-state index < -0.39 is 0 Å². The fraction of sp³-hybridized carbons (Fsp3) is 0. The van der Waals surface area contributed by atoms with E-state index in [2.05, 4.69) is 27.5 Å². The Morgan fingerprint density at radius 3 is 2.10 bits per heavy atom. The number of aromatic amines is 1. The predicted molar refractivity (Wildman–Crippen MR) is 73.3 cm³/mol. The number of hydrogen-bond donors (Lipinski definition) is 1. The van der Waals surface area contributed by atoms with Crippen molar-refractivity contribution in [3.05, 3.63) is 60.8 Å². The quantitative estimate of drug-likeness (QED) is 0.797. The van der Waals surface area contributed by atoms with Gasteiger partial charge in [-0.1, -0.05) is 42.5 Å². The number of nitrogens with one attached hydrogen (secondary N) is 1. The van der Waals surface area contributed by atoms with Gasteiger partial charge in [0.1, 0.15) is 11.9 Å². The second-order valence-electron chi connectivity index (χ2n) is 3.88. The van der Waals surface area contributed by atoms with Crippen LogP contribution < -0.4 is 4.74 Å². The molecule has 1 N–H and O–H groups in total. The summed E-state index contributed by atoms with van der Waals surface area (Å²) in [6.45, 7) is 0. The fourth-order valence-electron chi connectivity index (χ4n) is 1.71. The van der Waals surface area contributed by atoms with Gasteiger partial charge >= 0.3 is 6.15 Å². The minimum absolute atomic E-state index is 0.250. The molecule has 6 heteroatoms. The van der Waals surface area contributed by atoms with Crippen LogP contribution >= 0.6 is 0 Å². The summed E-state index contributed by atoms with van der Waals surface area (Å²) in [4.78, 5) is 16.2. The number of carbonyl (C=O) groups excluding carboxylic acids is 2. The number of H-pyrrole nitrogens is 1. The number of nitrogens with zero attached hydrogens (tertiary/aromatic N) is 2. The molecule has 3 aromatic rings. The highest BCUT2D eigenvalue weighted by Crippen LogP contribution is 2.24. The SMILES string of the molecule is O=C=O.c1ccc(-c2ccc(Oc3cn[nH]n3)cc2)cc1. The molecule has 0 saturated carbocycles. The predicted octanol–water partition coefficient (Wildman–Crippen LogP) is 2.68. The van der Waals surface area contributed by atoms with Crippen LogP contribution in [0.5, 0.6) is 11.6 Å². The van der Waals surface area contributed by atoms with Gasteiger partial charge in [-0.3, -0.25) is 0 Å². The summed E-state index contributed by atoms with van der Waals surface area (Å²) in [5, 5.41) is 10.0. The molecule has 0 atom stereocenters. The Balaban J connectivity index is 0.000000497. The van der Waals surface area contributed by atoms with Gasteiger partial charge < -0.3 is 4.74 Å². The van der Waals surface area contributed by atoms with E-state index in [1.54, 1.807) is 0 Å². The van der Waals surface area contributed by atoms with Crippen molar-refractivity contribution in [3.63, 3.8) is 0 Å². The van der Waals surface area contributed by atoms with Crippen molar-refractivity contribution >= 4 is 6.15 Å². The Hall–Kier alpha value is -3.24. The molecule has 0 aliphatic heterocycles. The first-order valence-electron chi connectivity index (χ1n) is 6.02. The van der Waals surface area contributed by atoms with Crippen LogP contribution in [0.3, 0.4) is 0 Å². The maximum atomic E-state index is 8.12. The van der Waals surface area contributed by atoms with Gasteiger partial charge in [0, 0.05) is 0 Å². The highest BCUT2D eigenvalue weighted by molar-refractivity contribution is 5.63. The van der Waals surface area contributed by atoms with E-state index in [0.29, 0.717) is 5.88 Å². The molecule has 0 amide bonds. The zero-order chi connectivity index (χ0) is 14.9. The van der Waals surface area contributed by atoms with Crippen LogP contribution in [-0.4, -0.2) is 21.6 Å². The summed E-state index contributed by atoms with van der Waals surface area (Å²) in [6.07, 6.45) is 1.78. The molecule has 0 radical (unpaired) electrons. The molecule has 0 unspecified atom stereocenters. The third-order valence-corrected chi connectivity index (χ3v) is 2.58. The maximum Gasteiger partial charge on any atom is 0.373 e. The van der Waals surface area contributed by atoms with Crippen LogP contribution in [0.15, 0.2) is 60.8 Å². The van der Waals surface area contributed by atoms with Gasteiger partial charge in [0.25, 0.3) is 5.88 Å². The van der Waals surface area contributed by atoms with Gasteiger partial charge in [-0.15, -0.1) is 5.10 Å². The Morgan fingerprint density at radius 1 is 0.905 bits per heavy atom. The molecule has 1 aromatic heterocycles. The lowest BCUT2D eigenvalue weighted by molar-refractivity contribution is -0.191. The highest BCUT2D eigenvalue weighted by atomic mass is 16.5. The van der Waals surface area contributed by atoms with Crippen molar-refractivity contribution in [3.8, 4) is 22.8 Å². The van der Waals surface area contributed by atoms with E-state index in [-0.39, 0.29) is 6.15 Å². The largest absolute Gasteiger partial charge is 0.436 e. The molecule has 6 nitrogen and oxygen atoms in total. The van der Waals surface area contributed by atoms with Gasteiger partial charge in [0.15, 0.2) is 0 Å². The molecular weight excluding hydrogens is 270 g/mol. The minimum atomic E-state index is 0.250.